The normalized spacial score (nSPS) is 37.4. The molecule has 0 radical (unpaired) electrons. The molecule has 0 amide bonds. The third-order valence-electron chi connectivity index (χ3n) is 9.11. The second-order valence-corrected chi connectivity index (χ2v) is 10.0. The number of fused-ring (bicyclic) bond motifs is 1. The molecule has 0 bridgehead atoms. The van der Waals surface area contributed by atoms with Gasteiger partial charge in [0.05, 0.1) is 0 Å². The van der Waals surface area contributed by atoms with Crippen LogP contribution in [-0.4, -0.2) is 0 Å². The zero-order valence-corrected chi connectivity index (χ0v) is 18.0. The molecule has 2 aliphatic carbocycles. The summed E-state index contributed by atoms with van der Waals surface area (Å²) in [7, 11) is 0. The summed E-state index contributed by atoms with van der Waals surface area (Å²) in [5, 5.41) is 0. The second kappa shape index (κ2) is 8.13. The molecule has 7 unspecified atom stereocenters. The van der Waals surface area contributed by atoms with E-state index in [1.807, 2.05) is 0 Å². The number of rotatable bonds is 10. The van der Waals surface area contributed by atoms with Crippen molar-refractivity contribution in [2.24, 2.45) is 40.4 Å². The molecule has 24 heavy (non-hydrogen) atoms. The molecule has 0 N–H and O–H groups in total. The fourth-order valence-corrected chi connectivity index (χ4v) is 6.80. The van der Waals surface area contributed by atoms with Crippen molar-refractivity contribution in [1.29, 1.82) is 0 Å². The van der Waals surface area contributed by atoms with E-state index in [2.05, 4.69) is 48.5 Å². The van der Waals surface area contributed by atoms with Crippen LogP contribution in [0.3, 0.4) is 0 Å². The lowest BCUT2D eigenvalue weighted by molar-refractivity contribution is -0.00231. The van der Waals surface area contributed by atoms with Crippen LogP contribution < -0.4 is 0 Å². The van der Waals surface area contributed by atoms with Gasteiger partial charge in [0.2, 0.25) is 0 Å². The Morgan fingerprint density at radius 2 is 1.79 bits per heavy atom. The molecule has 0 heterocycles. The first-order valence-corrected chi connectivity index (χ1v) is 11.4. The molecule has 0 spiro atoms. The monoisotopic (exact) mass is 334 g/mol. The van der Waals surface area contributed by atoms with Gasteiger partial charge in [-0.2, -0.15) is 0 Å². The minimum atomic E-state index is 0.633. The standard InChI is InChI=1S/C24H46/c1-8-12-13-24(11-4,20(10-3)14-18(5)9-2)22-16-21-15-19(6)23(21,7)17-22/h18-22H,8-17H2,1-7H3. The fourth-order valence-electron chi connectivity index (χ4n) is 6.80. The molecule has 7 atom stereocenters. The molecule has 0 aromatic carbocycles. The van der Waals surface area contributed by atoms with Crippen molar-refractivity contribution in [2.45, 2.75) is 113 Å². The Morgan fingerprint density at radius 3 is 2.25 bits per heavy atom. The maximum absolute atomic E-state index is 2.63. The molecular formula is C24H46. The Bertz CT molecular complexity index is 385. The molecule has 0 heteroatoms. The highest BCUT2D eigenvalue weighted by Crippen LogP contribution is 2.67. The first-order valence-electron chi connectivity index (χ1n) is 11.4. The number of hydrogen-bond donors (Lipinski definition) is 0. The van der Waals surface area contributed by atoms with E-state index in [-0.39, 0.29) is 0 Å². The summed E-state index contributed by atoms with van der Waals surface area (Å²) < 4.78 is 0. The Morgan fingerprint density at radius 1 is 1.08 bits per heavy atom. The van der Waals surface area contributed by atoms with E-state index < -0.39 is 0 Å². The summed E-state index contributed by atoms with van der Waals surface area (Å²) in [6, 6.07) is 0. The quantitative estimate of drug-likeness (QED) is 0.378. The van der Waals surface area contributed by atoms with E-state index in [1.54, 1.807) is 6.42 Å². The van der Waals surface area contributed by atoms with E-state index in [0.717, 1.165) is 29.6 Å². The Labute approximate surface area is 153 Å². The summed E-state index contributed by atoms with van der Waals surface area (Å²) >= 11 is 0. The van der Waals surface area contributed by atoms with Crippen LogP contribution in [0.1, 0.15) is 113 Å². The first-order chi connectivity index (χ1) is 11.4. The minimum absolute atomic E-state index is 0.633. The van der Waals surface area contributed by atoms with Crippen LogP contribution in [-0.2, 0) is 0 Å². The van der Waals surface area contributed by atoms with Gasteiger partial charge in [0.25, 0.3) is 0 Å². The summed E-state index contributed by atoms with van der Waals surface area (Å²) in [5.41, 5.74) is 1.32. The topological polar surface area (TPSA) is 0 Å². The highest BCUT2D eigenvalue weighted by atomic mass is 14.6. The highest BCUT2D eigenvalue weighted by molar-refractivity contribution is 5.08. The van der Waals surface area contributed by atoms with E-state index in [1.165, 1.54) is 57.8 Å². The van der Waals surface area contributed by atoms with Gasteiger partial charge in [-0.05, 0) is 78.9 Å². The molecule has 0 saturated heterocycles. The number of hydrogen-bond acceptors (Lipinski definition) is 0. The molecule has 2 saturated carbocycles. The molecular weight excluding hydrogens is 288 g/mol. The Balaban J connectivity index is 2.25. The first kappa shape index (κ1) is 20.3. The fraction of sp³-hybridized carbons (Fsp3) is 1.00. The van der Waals surface area contributed by atoms with Gasteiger partial charge >= 0.3 is 0 Å². The molecule has 0 aliphatic heterocycles. The Hall–Kier alpha value is 0. The molecule has 142 valence electrons. The lowest BCUT2D eigenvalue weighted by atomic mass is 9.55. The van der Waals surface area contributed by atoms with Crippen molar-refractivity contribution < 1.29 is 0 Å². The van der Waals surface area contributed by atoms with Crippen LogP contribution in [0, 0.1) is 40.4 Å². The van der Waals surface area contributed by atoms with Crippen molar-refractivity contribution in [3.63, 3.8) is 0 Å². The van der Waals surface area contributed by atoms with Crippen LogP contribution in [0.4, 0.5) is 0 Å². The van der Waals surface area contributed by atoms with Gasteiger partial charge in [-0.25, -0.2) is 0 Å². The predicted octanol–water partition coefficient (Wildman–Crippen LogP) is 8.11. The second-order valence-electron chi connectivity index (χ2n) is 10.0. The third kappa shape index (κ3) is 3.45. The van der Waals surface area contributed by atoms with Crippen LogP contribution in [0.25, 0.3) is 0 Å². The van der Waals surface area contributed by atoms with Gasteiger partial charge in [-0.3, -0.25) is 0 Å². The molecule has 0 aromatic rings. The zero-order chi connectivity index (χ0) is 18.0. The van der Waals surface area contributed by atoms with E-state index in [4.69, 9.17) is 0 Å². The van der Waals surface area contributed by atoms with E-state index >= 15 is 0 Å². The predicted molar refractivity (Wildman–Crippen MR) is 108 cm³/mol. The Kier molecular flexibility index (Phi) is 6.88. The van der Waals surface area contributed by atoms with Crippen LogP contribution in [0.2, 0.25) is 0 Å². The van der Waals surface area contributed by atoms with Gasteiger partial charge < -0.3 is 0 Å². The van der Waals surface area contributed by atoms with Gasteiger partial charge in [-0.1, -0.05) is 74.1 Å². The van der Waals surface area contributed by atoms with Crippen molar-refractivity contribution in [3.8, 4) is 0 Å². The lowest BCUT2D eigenvalue weighted by Gasteiger charge is -2.49. The van der Waals surface area contributed by atoms with Gasteiger partial charge in [-0.15, -0.1) is 0 Å². The summed E-state index contributed by atoms with van der Waals surface area (Å²) in [5.74, 6) is 4.87. The molecule has 2 rings (SSSR count). The summed E-state index contributed by atoms with van der Waals surface area (Å²) in [6.07, 6.45) is 14.6. The SMILES string of the molecule is CCCCC(CC)(C(CC)CC(C)CC)C1CC2CC(C)C2(C)C1. The molecule has 0 nitrogen and oxygen atoms in total. The summed E-state index contributed by atoms with van der Waals surface area (Å²) in [6.45, 7) is 17.4. The summed E-state index contributed by atoms with van der Waals surface area (Å²) in [4.78, 5) is 0. The maximum atomic E-state index is 2.63. The smallest absolute Gasteiger partial charge is 0.0243 e. The minimum Gasteiger partial charge on any atom is -0.0654 e. The van der Waals surface area contributed by atoms with Gasteiger partial charge in [0.15, 0.2) is 0 Å². The average Bonchev–Trinajstić information content (AvgIpc) is 2.86. The van der Waals surface area contributed by atoms with Gasteiger partial charge in [0.1, 0.15) is 0 Å². The van der Waals surface area contributed by atoms with Crippen LogP contribution >= 0.6 is 0 Å². The van der Waals surface area contributed by atoms with Crippen LogP contribution in [0.5, 0.6) is 0 Å². The molecule has 0 aromatic heterocycles. The van der Waals surface area contributed by atoms with Crippen LogP contribution in [0.15, 0.2) is 0 Å². The van der Waals surface area contributed by atoms with Gasteiger partial charge in [0, 0.05) is 0 Å². The third-order valence-corrected chi connectivity index (χ3v) is 9.11. The number of unbranched alkanes of at least 4 members (excludes halogenated alkanes) is 1. The average molecular weight is 335 g/mol. The van der Waals surface area contributed by atoms with Crippen molar-refractivity contribution >= 4 is 0 Å². The van der Waals surface area contributed by atoms with E-state index in [9.17, 15) is 0 Å². The molecule has 2 fully saturated rings. The highest BCUT2D eigenvalue weighted by Gasteiger charge is 2.59. The van der Waals surface area contributed by atoms with Crippen molar-refractivity contribution in [1.82, 2.24) is 0 Å². The van der Waals surface area contributed by atoms with E-state index in [0.29, 0.717) is 10.8 Å². The zero-order valence-electron chi connectivity index (χ0n) is 18.0. The largest absolute Gasteiger partial charge is 0.0654 e. The lowest BCUT2D eigenvalue weighted by Crippen LogP contribution is -2.41. The van der Waals surface area contributed by atoms with Crippen molar-refractivity contribution in [3.05, 3.63) is 0 Å². The molecule has 2 aliphatic rings. The maximum Gasteiger partial charge on any atom is -0.0243 e. The van der Waals surface area contributed by atoms with Crippen molar-refractivity contribution in [2.75, 3.05) is 0 Å².